The highest BCUT2D eigenvalue weighted by Gasteiger charge is 2.43. The number of hydrogen-bond acceptors (Lipinski definition) is 9. The third-order valence-corrected chi connectivity index (χ3v) is 9.67. The molecule has 55 heavy (non-hydrogen) atoms. The van der Waals surface area contributed by atoms with Gasteiger partial charge in [-0.3, -0.25) is 0 Å². The number of fused-ring (bicyclic) bond motifs is 2. The number of aromatic nitrogens is 8. The Bertz CT molecular complexity index is 2120. The van der Waals surface area contributed by atoms with Crippen molar-refractivity contribution in [3.63, 3.8) is 0 Å². The third-order valence-electron chi connectivity index (χ3n) is 8.75. The van der Waals surface area contributed by atoms with Gasteiger partial charge in [0.1, 0.15) is 25.2 Å². The fourth-order valence-electron chi connectivity index (χ4n) is 6.46. The minimum atomic E-state index is -4.55. The summed E-state index contributed by atoms with van der Waals surface area (Å²) >= 11 is 14.1. The van der Waals surface area contributed by atoms with E-state index >= 15 is 0 Å². The monoisotopic (exact) mass is 883 g/mol. The van der Waals surface area contributed by atoms with Crippen LogP contribution in [0.5, 0.6) is 23.5 Å². The highest BCUT2D eigenvalue weighted by atomic mass is 79.9. The highest BCUT2D eigenvalue weighted by molar-refractivity contribution is 9.10. The van der Waals surface area contributed by atoms with Gasteiger partial charge in [0.15, 0.2) is 29.0 Å². The molecule has 5 aromatic rings. The number of benzene rings is 2. The molecule has 2 bridgehead atoms. The van der Waals surface area contributed by atoms with Crippen LogP contribution >= 0.6 is 39.1 Å². The van der Waals surface area contributed by atoms with Crippen molar-refractivity contribution in [2.24, 2.45) is 17.8 Å². The lowest BCUT2D eigenvalue weighted by Gasteiger charge is -2.38. The highest BCUT2D eigenvalue weighted by Crippen LogP contribution is 2.44. The van der Waals surface area contributed by atoms with Crippen LogP contribution < -0.4 is 14.4 Å². The Kier molecular flexibility index (Phi) is 12.1. The molecule has 0 amide bonds. The predicted molar refractivity (Wildman–Crippen MR) is 185 cm³/mol. The number of halogens is 11. The van der Waals surface area contributed by atoms with E-state index in [1.54, 1.807) is 6.33 Å². The zero-order chi connectivity index (χ0) is 39.7. The van der Waals surface area contributed by atoms with Gasteiger partial charge in [0.25, 0.3) is 0 Å². The molecule has 2 atom stereocenters. The van der Waals surface area contributed by atoms with Crippen molar-refractivity contribution in [3.8, 4) is 23.5 Å². The Morgan fingerprint density at radius 1 is 0.782 bits per heavy atom. The maximum Gasteiger partial charge on any atom is 0.408 e. The first-order valence-corrected chi connectivity index (χ1v) is 17.9. The van der Waals surface area contributed by atoms with E-state index in [2.05, 4.69) is 51.0 Å². The summed E-state index contributed by atoms with van der Waals surface area (Å²) < 4.78 is 116. The average Bonchev–Trinajstić information content (AvgIpc) is 3.69. The molecule has 4 heterocycles. The van der Waals surface area contributed by atoms with Crippen molar-refractivity contribution in [3.05, 3.63) is 86.7 Å². The minimum Gasteiger partial charge on any atom is -0.421 e. The largest absolute Gasteiger partial charge is 0.421 e. The SMILES string of the molecule is Cc1cc(N2CC3CCC(C2)C3Cc2nc(Oc3cccc(Cl)c3F)n(CC(F)(F)F)n2)ncn1.Fc1c(Cl)cccc1Oc1nc(Br)nn1CC(F)(F)F. The number of hydrogen-bond donors (Lipinski definition) is 0. The molecule has 294 valence electrons. The lowest BCUT2D eigenvalue weighted by atomic mass is 9.82. The summed E-state index contributed by atoms with van der Waals surface area (Å²) in [7, 11) is 0. The molecular weight excluding hydrogens is 857 g/mol. The van der Waals surface area contributed by atoms with Crippen LogP contribution in [0.25, 0.3) is 0 Å². The lowest BCUT2D eigenvalue weighted by molar-refractivity contribution is -0.144. The van der Waals surface area contributed by atoms with Crippen LogP contribution in [0, 0.1) is 36.3 Å². The van der Waals surface area contributed by atoms with E-state index in [-0.39, 0.29) is 38.0 Å². The van der Waals surface area contributed by atoms with Crippen LogP contribution in [-0.4, -0.2) is 64.9 Å². The summed E-state index contributed by atoms with van der Waals surface area (Å²) in [5.41, 5.74) is 0.896. The lowest BCUT2D eigenvalue weighted by Crippen LogP contribution is -2.43. The maximum atomic E-state index is 14.3. The van der Waals surface area contributed by atoms with Gasteiger partial charge in [0, 0.05) is 31.3 Å². The Hall–Kier alpha value is -4.30. The predicted octanol–water partition coefficient (Wildman–Crippen LogP) is 9.42. The fraction of sp³-hybridized carbons (Fsp3) is 0.394. The zero-order valence-electron chi connectivity index (χ0n) is 28.3. The van der Waals surface area contributed by atoms with E-state index in [0.717, 1.165) is 37.4 Å². The molecule has 1 saturated carbocycles. The van der Waals surface area contributed by atoms with Gasteiger partial charge in [-0.25, -0.2) is 28.1 Å². The molecule has 0 spiro atoms. The van der Waals surface area contributed by atoms with Gasteiger partial charge in [-0.1, -0.05) is 35.3 Å². The van der Waals surface area contributed by atoms with Crippen molar-refractivity contribution in [1.82, 2.24) is 39.5 Å². The normalized spacial score (nSPS) is 18.3. The molecule has 1 aliphatic carbocycles. The first-order chi connectivity index (χ1) is 25.9. The molecule has 2 aliphatic rings. The molecule has 2 unspecified atom stereocenters. The van der Waals surface area contributed by atoms with Gasteiger partial charge in [-0.05, 0) is 77.7 Å². The first kappa shape index (κ1) is 40.4. The van der Waals surface area contributed by atoms with E-state index in [4.69, 9.17) is 32.7 Å². The summed E-state index contributed by atoms with van der Waals surface area (Å²) in [6, 6.07) is 8.95. The second-order valence-corrected chi connectivity index (χ2v) is 14.2. The standard InChI is InChI=1S/C23H23ClF4N6O.C10H5BrClF4N3O/c1-13-7-20(30-12-29-13)33-9-14-5-6-15(10-33)16(14)8-19-31-22(34(32-19)11-23(26,27)28)35-18-4-2-3-17(24)21(18)25;11-8-17-9(19(18-8)4-10(14,15)16)20-6-3-1-2-5(12)7(6)13/h2-4,7,12,14-16H,5-6,8-11H2,1H3;1-3H,4H2. The van der Waals surface area contributed by atoms with Crippen LogP contribution in [0.2, 0.25) is 10.0 Å². The number of ether oxygens (including phenoxy) is 2. The number of rotatable bonds is 9. The van der Waals surface area contributed by atoms with Crippen molar-refractivity contribution < 1.29 is 44.6 Å². The summed E-state index contributed by atoms with van der Waals surface area (Å²) in [4.78, 5) is 18.6. The van der Waals surface area contributed by atoms with Crippen LogP contribution in [-0.2, 0) is 19.5 Å². The quantitative estimate of drug-likeness (QED) is 0.134. The molecule has 22 heteroatoms. The van der Waals surface area contributed by atoms with Gasteiger partial charge >= 0.3 is 24.4 Å². The second kappa shape index (κ2) is 16.4. The molecule has 3 aromatic heterocycles. The first-order valence-electron chi connectivity index (χ1n) is 16.4. The maximum absolute atomic E-state index is 14.3. The van der Waals surface area contributed by atoms with Crippen LogP contribution in [0.15, 0.2) is 53.5 Å². The van der Waals surface area contributed by atoms with Crippen molar-refractivity contribution in [1.29, 1.82) is 0 Å². The van der Waals surface area contributed by atoms with Crippen LogP contribution in [0.1, 0.15) is 24.4 Å². The van der Waals surface area contributed by atoms with E-state index in [0.29, 0.717) is 27.6 Å². The van der Waals surface area contributed by atoms with Gasteiger partial charge in [-0.15, -0.1) is 5.10 Å². The third kappa shape index (κ3) is 10.3. The number of piperidine rings is 1. The van der Waals surface area contributed by atoms with E-state index in [9.17, 15) is 35.1 Å². The number of nitrogens with zero attached hydrogens (tertiary/aromatic N) is 9. The van der Waals surface area contributed by atoms with Crippen molar-refractivity contribution in [2.45, 2.75) is 51.6 Å². The Labute approximate surface area is 325 Å². The molecule has 1 aliphatic heterocycles. The molecule has 0 radical (unpaired) electrons. The van der Waals surface area contributed by atoms with Crippen LogP contribution in [0.3, 0.4) is 0 Å². The fourth-order valence-corrected chi connectivity index (χ4v) is 7.13. The molecule has 2 fully saturated rings. The van der Waals surface area contributed by atoms with Crippen molar-refractivity contribution >= 4 is 44.9 Å². The van der Waals surface area contributed by atoms with Crippen LogP contribution in [0.4, 0.5) is 40.9 Å². The van der Waals surface area contributed by atoms with Gasteiger partial charge < -0.3 is 14.4 Å². The zero-order valence-corrected chi connectivity index (χ0v) is 31.4. The Balaban J connectivity index is 0.000000219. The van der Waals surface area contributed by atoms with Gasteiger partial charge in [-0.2, -0.15) is 41.4 Å². The average molecular weight is 885 g/mol. The number of aryl methyl sites for hydroxylation is 1. The summed E-state index contributed by atoms with van der Waals surface area (Å²) in [5.74, 6) is -0.378. The summed E-state index contributed by atoms with van der Waals surface area (Å²) in [5, 5.41) is 7.14. The van der Waals surface area contributed by atoms with E-state index < -0.39 is 49.1 Å². The molecule has 0 N–H and O–H groups in total. The molecule has 7 rings (SSSR count). The van der Waals surface area contributed by atoms with E-state index in [1.165, 1.54) is 36.4 Å². The smallest absolute Gasteiger partial charge is 0.408 e. The van der Waals surface area contributed by atoms with E-state index in [1.807, 2.05) is 13.0 Å². The van der Waals surface area contributed by atoms with Gasteiger partial charge in [0.2, 0.25) is 4.73 Å². The number of anilines is 1. The Morgan fingerprint density at radius 2 is 1.31 bits per heavy atom. The summed E-state index contributed by atoms with van der Waals surface area (Å²) in [6.07, 6.45) is -5.04. The second-order valence-electron chi connectivity index (χ2n) is 12.7. The molecule has 2 aromatic carbocycles. The summed E-state index contributed by atoms with van der Waals surface area (Å²) in [6.45, 7) is 0.722. The van der Waals surface area contributed by atoms with Crippen molar-refractivity contribution in [2.75, 3.05) is 18.0 Å². The molecule has 1 saturated heterocycles. The Morgan fingerprint density at radius 3 is 1.84 bits per heavy atom. The molecule has 11 nitrogen and oxygen atoms in total. The minimum absolute atomic E-state index is 0.112. The van der Waals surface area contributed by atoms with Gasteiger partial charge in [0.05, 0.1) is 10.0 Å². The number of alkyl halides is 6. The molecular formula is C33H28BrCl2F8N9O2. The topological polar surface area (TPSA) is 109 Å².